The van der Waals surface area contributed by atoms with Crippen LogP contribution < -0.4 is 4.90 Å². The largest absolute Gasteiger partial charge is 0.367 e. The summed E-state index contributed by atoms with van der Waals surface area (Å²) in [4.78, 5) is 14.0. The summed E-state index contributed by atoms with van der Waals surface area (Å²) in [6.07, 6.45) is 2.02. The standard InChI is InChI=1S/C18H19NO/c1-2-19-17-11-7-6-10-15(17)16(13-20)18(19)12-14-8-4-3-5-9-14/h3-11,13,16,18H,2,12H2,1H3. The van der Waals surface area contributed by atoms with Crippen LogP contribution in [0.3, 0.4) is 0 Å². The number of hydrogen-bond acceptors (Lipinski definition) is 2. The second-order valence-electron chi connectivity index (χ2n) is 5.26. The van der Waals surface area contributed by atoms with E-state index in [0.717, 1.165) is 19.3 Å². The van der Waals surface area contributed by atoms with Crippen LogP contribution in [0.25, 0.3) is 0 Å². The molecule has 0 radical (unpaired) electrons. The zero-order valence-electron chi connectivity index (χ0n) is 11.7. The second-order valence-corrected chi connectivity index (χ2v) is 5.26. The van der Waals surface area contributed by atoms with Crippen molar-refractivity contribution in [2.45, 2.75) is 25.3 Å². The molecule has 1 aliphatic heterocycles. The predicted molar refractivity (Wildman–Crippen MR) is 82.2 cm³/mol. The number of hydrogen-bond donors (Lipinski definition) is 0. The molecular formula is C18H19NO. The fourth-order valence-electron chi connectivity index (χ4n) is 3.27. The van der Waals surface area contributed by atoms with Crippen LogP contribution in [0.5, 0.6) is 0 Å². The zero-order valence-corrected chi connectivity index (χ0v) is 11.7. The molecular weight excluding hydrogens is 246 g/mol. The Hall–Kier alpha value is -2.09. The molecule has 0 saturated heterocycles. The average Bonchev–Trinajstić information content (AvgIpc) is 2.80. The van der Waals surface area contributed by atoms with E-state index < -0.39 is 0 Å². The van der Waals surface area contributed by atoms with Crippen molar-refractivity contribution in [3.8, 4) is 0 Å². The van der Waals surface area contributed by atoms with Gasteiger partial charge in [-0.15, -0.1) is 0 Å². The third-order valence-electron chi connectivity index (χ3n) is 4.20. The van der Waals surface area contributed by atoms with Crippen LogP contribution >= 0.6 is 0 Å². The van der Waals surface area contributed by atoms with Gasteiger partial charge in [0.2, 0.25) is 0 Å². The van der Waals surface area contributed by atoms with Crippen molar-refractivity contribution in [3.05, 3.63) is 65.7 Å². The zero-order chi connectivity index (χ0) is 13.9. The molecule has 0 saturated carbocycles. The van der Waals surface area contributed by atoms with E-state index in [0.29, 0.717) is 0 Å². The molecule has 1 heterocycles. The Morgan fingerprint density at radius 1 is 1.05 bits per heavy atom. The molecule has 0 amide bonds. The summed E-state index contributed by atoms with van der Waals surface area (Å²) in [5.41, 5.74) is 3.67. The fourth-order valence-corrected chi connectivity index (χ4v) is 3.27. The topological polar surface area (TPSA) is 20.3 Å². The minimum Gasteiger partial charge on any atom is -0.367 e. The molecule has 2 aromatic rings. The summed E-state index contributed by atoms with van der Waals surface area (Å²) >= 11 is 0. The Labute approximate surface area is 120 Å². The molecule has 2 heteroatoms. The number of carbonyl (C=O) groups excluding carboxylic acids is 1. The van der Waals surface area contributed by atoms with Gasteiger partial charge in [0.25, 0.3) is 0 Å². The van der Waals surface area contributed by atoms with E-state index in [2.05, 4.69) is 48.2 Å². The van der Waals surface area contributed by atoms with Crippen molar-refractivity contribution in [2.24, 2.45) is 0 Å². The average molecular weight is 265 g/mol. The van der Waals surface area contributed by atoms with Gasteiger partial charge >= 0.3 is 0 Å². The lowest BCUT2D eigenvalue weighted by molar-refractivity contribution is -0.109. The van der Waals surface area contributed by atoms with E-state index in [9.17, 15) is 4.79 Å². The van der Waals surface area contributed by atoms with Gasteiger partial charge in [0.15, 0.2) is 0 Å². The minimum atomic E-state index is -0.0219. The van der Waals surface area contributed by atoms with Crippen molar-refractivity contribution in [2.75, 3.05) is 11.4 Å². The highest BCUT2D eigenvalue weighted by Crippen LogP contribution is 2.40. The molecule has 0 spiro atoms. The van der Waals surface area contributed by atoms with Crippen molar-refractivity contribution in [1.82, 2.24) is 0 Å². The second kappa shape index (κ2) is 5.49. The molecule has 0 fully saturated rings. The molecule has 0 aromatic heterocycles. The smallest absolute Gasteiger partial charge is 0.129 e. The molecule has 0 bridgehead atoms. The maximum atomic E-state index is 11.6. The van der Waals surface area contributed by atoms with Gasteiger partial charge in [-0.1, -0.05) is 48.5 Å². The van der Waals surface area contributed by atoms with Crippen LogP contribution in [-0.2, 0) is 11.2 Å². The number of nitrogens with zero attached hydrogens (tertiary/aromatic N) is 1. The van der Waals surface area contributed by atoms with E-state index in [1.54, 1.807) is 0 Å². The van der Waals surface area contributed by atoms with Crippen LogP contribution in [0, 0.1) is 0 Å². The van der Waals surface area contributed by atoms with Crippen LogP contribution in [0.4, 0.5) is 5.69 Å². The van der Waals surface area contributed by atoms with Gasteiger partial charge in [0, 0.05) is 18.3 Å². The fraction of sp³-hybridized carbons (Fsp3) is 0.278. The number of carbonyl (C=O) groups is 1. The summed E-state index contributed by atoms with van der Waals surface area (Å²) in [5.74, 6) is -0.0219. The van der Waals surface area contributed by atoms with Gasteiger partial charge in [0.05, 0.1) is 5.92 Å². The van der Waals surface area contributed by atoms with Crippen LogP contribution in [0.15, 0.2) is 54.6 Å². The number of aldehydes is 1. The van der Waals surface area contributed by atoms with Crippen LogP contribution in [0.2, 0.25) is 0 Å². The quantitative estimate of drug-likeness (QED) is 0.789. The van der Waals surface area contributed by atoms with E-state index in [4.69, 9.17) is 0 Å². The third kappa shape index (κ3) is 2.11. The highest BCUT2D eigenvalue weighted by Gasteiger charge is 2.37. The summed E-state index contributed by atoms with van der Waals surface area (Å²) in [7, 11) is 0. The highest BCUT2D eigenvalue weighted by atomic mass is 16.1. The SMILES string of the molecule is CCN1c2ccccc2C(C=O)C1Cc1ccccc1. The molecule has 1 aliphatic rings. The maximum Gasteiger partial charge on any atom is 0.129 e. The lowest BCUT2D eigenvalue weighted by atomic mass is 9.92. The van der Waals surface area contributed by atoms with Gasteiger partial charge in [-0.25, -0.2) is 0 Å². The Morgan fingerprint density at radius 2 is 1.75 bits per heavy atom. The van der Waals surface area contributed by atoms with Gasteiger partial charge in [-0.05, 0) is 30.5 Å². The number of benzene rings is 2. The molecule has 102 valence electrons. The number of rotatable bonds is 4. The molecule has 20 heavy (non-hydrogen) atoms. The van der Waals surface area contributed by atoms with Crippen molar-refractivity contribution >= 4 is 12.0 Å². The number of likely N-dealkylation sites (N-methyl/N-ethyl adjacent to an activating group) is 1. The lowest BCUT2D eigenvalue weighted by Crippen LogP contribution is -2.36. The van der Waals surface area contributed by atoms with Gasteiger partial charge < -0.3 is 9.69 Å². The Bertz CT molecular complexity index is 593. The van der Waals surface area contributed by atoms with Gasteiger partial charge in [-0.3, -0.25) is 0 Å². The summed E-state index contributed by atoms with van der Waals surface area (Å²) in [6, 6.07) is 18.9. The van der Waals surface area contributed by atoms with Crippen molar-refractivity contribution < 1.29 is 4.79 Å². The summed E-state index contributed by atoms with van der Waals surface area (Å²) in [5, 5.41) is 0. The van der Waals surface area contributed by atoms with Crippen molar-refractivity contribution in [1.29, 1.82) is 0 Å². The van der Waals surface area contributed by atoms with Crippen LogP contribution in [-0.4, -0.2) is 18.9 Å². The first-order chi connectivity index (χ1) is 9.85. The molecule has 3 rings (SSSR count). The Kier molecular flexibility index (Phi) is 3.55. The third-order valence-corrected chi connectivity index (χ3v) is 4.20. The molecule has 0 N–H and O–H groups in total. The van der Waals surface area contributed by atoms with Gasteiger partial charge in [-0.2, -0.15) is 0 Å². The Morgan fingerprint density at radius 3 is 2.45 bits per heavy atom. The highest BCUT2D eigenvalue weighted by molar-refractivity contribution is 5.76. The molecule has 2 nitrogen and oxygen atoms in total. The van der Waals surface area contributed by atoms with Gasteiger partial charge in [0.1, 0.15) is 6.29 Å². The minimum absolute atomic E-state index is 0.0219. The molecule has 2 unspecified atom stereocenters. The summed E-state index contributed by atoms with van der Waals surface area (Å²) in [6.45, 7) is 3.08. The van der Waals surface area contributed by atoms with E-state index >= 15 is 0 Å². The Balaban J connectivity index is 1.96. The number of anilines is 1. The molecule has 0 aliphatic carbocycles. The van der Waals surface area contributed by atoms with Crippen molar-refractivity contribution in [3.63, 3.8) is 0 Å². The van der Waals surface area contributed by atoms with E-state index in [1.165, 1.54) is 16.8 Å². The maximum absolute atomic E-state index is 11.6. The van der Waals surface area contributed by atoms with E-state index in [-0.39, 0.29) is 12.0 Å². The predicted octanol–water partition coefficient (Wildman–Crippen LogP) is 3.42. The molecule has 2 aromatic carbocycles. The van der Waals surface area contributed by atoms with Crippen LogP contribution in [0.1, 0.15) is 24.0 Å². The molecule has 2 atom stereocenters. The number of fused-ring (bicyclic) bond motifs is 1. The first-order valence-corrected chi connectivity index (χ1v) is 7.20. The summed E-state index contributed by atoms with van der Waals surface area (Å²) < 4.78 is 0. The first-order valence-electron chi connectivity index (χ1n) is 7.20. The first kappa shape index (κ1) is 12.9. The van der Waals surface area contributed by atoms with E-state index in [1.807, 2.05) is 18.2 Å². The number of para-hydroxylation sites is 1. The lowest BCUT2D eigenvalue weighted by Gasteiger charge is -2.28. The monoisotopic (exact) mass is 265 g/mol. The normalized spacial score (nSPS) is 20.8.